The fourth-order valence-corrected chi connectivity index (χ4v) is 4.05. The van der Waals surface area contributed by atoms with Crippen molar-refractivity contribution in [2.45, 2.75) is 26.7 Å². The van der Waals surface area contributed by atoms with Gasteiger partial charge in [-0.05, 0) is 61.7 Å². The summed E-state index contributed by atoms with van der Waals surface area (Å²) in [5.74, 6) is -0.154. The van der Waals surface area contributed by atoms with E-state index < -0.39 is 0 Å². The number of carbonyl (C=O) groups excluding carboxylic acids is 1. The molecule has 1 amide bonds. The molecule has 0 radical (unpaired) electrons. The van der Waals surface area contributed by atoms with Crippen molar-refractivity contribution in [1.82, 2.24) is 9.38 Å². The van der Waals surface area contributed by atoms with Crippen LogP contribution in [0.15, 0.2) is 82.3 Å². The highest BCUT2D eigenvalue weighted by Gasteiger charge is 2.13. The zero-order valence-electron chi connectivity index (χ0n) is 18.5. The number of aryl methyl sites for hydroxylation is 2. The van der Waals surface area contributed by atoms with Crippen LogP contribution in [0, 0.1) is 13.8 Å². The first-order valence-electron chi connectivity index (χ1n) is 10.8. The summed E-state index contributed by atoms with van der Waals surface area (Å²) in [5, 5.41) is 3.80. The van der Waals surface area contributed by atoms with Gasteiger partial charge in [-0.15, -0.1) is 0 Å². The Balaban J connectivity index is 1.27. The molecule has 6 heteroatoms. The SMILES string of the molecule is Cc1ccc2c(C)c(CCC(=O)Nc3ccc(-c4cn5ccccc5n4)cc3)c(=O)oc2c1. The largest absolute Gasteiger partial charge is 0.423 e. The Bertz CT molecular complexity index is 1510. The number of anilines is 1. The standard InChI is InChI=1S/C27H23N3O3/c1-17-6-11-21-18(2)22(27(32)33-24(21)15-17)12-13-26(31)28-20-9-7-19(8-10-20)23-16-30-14-4-3-5-25(30)29-23/h3-11,14-16H,12-13H2,1-2H3,(H,28,31). The van der Waals surface area contributed by atoms with E-state index in [0.29, 0.717) is 23.3 Å². The number of hydrogen-bond donors (Lipinski definition) is 1. The first kappa shape index (κ1) is 20.7. The summed E-state index contributed by atoms with van der Waals surface area (Å²) < 4.78 is 7.46. The number of pyridine rings is 1. The van der Waals surface area contributed by atoms with E-state index in [1.165, 1.54) is 0 Å². The number of aromatic nitrogens is 2. The lowest BCUT2D eigenvalue weighted by atomic mass is 10.0. The minimum Gasteiger partial charge on any atom is -0.423 e. The molecule has 1 N–H and O–H groups in total. The number of carbonyl (C=O) groups is 1. The molecule has 0 aliphatic heterocycles. The van der Waals surface area contributed by atoms with Gasteiger partial charge in [0.25, 0.3) is 0 Å². The van der Waals surface area contributed by atoms with Gasteiger partial charge in [0.2, 0.25) is 5.91 Å². The summed E-state index contributed by atoms with van der Waals surface area (Å²) in [6, 6.07) is 19.2. The number of hydrogen-bond acceptors (Lipinski definition) is 4. The van der Waals surface area contributed by atoms with Crippen LogP contribution < -0.4 is 10.9 Å². The van der Waals surface area contributed by atoms with Crippen molar-refractivity contribution in [1.29, 1.82) is 0 Å². The molecule has 5 aromatic rings. The van der Waals surface area contributed by atoms with Crippen molar-refractivity contribution < 1.29 is 9.21 Å². The maximum absolute atomic E-state index is 12.5. The lowest BCUT2D eigenvalue weighted by Gasteiger charge is -2.09. The van der Waals surface area contributed by atoms with Crippen molar-refractivity contribution in [3.8, 4) is 11.3 Å². The highest BCUT2D eigenvalue weighted by molar-refractivity contribution is 5.91. The van der Waals surface area contributed by atoms with Gasteiger partial charge < -0.3 is 14.1 Å². The average Bonchev–Trinajstić information content (AvgIpc) is 3.23. The third kappa shape index (κ3) is 4.15. The Hall–Kier alpha value is -4.19. The summed E-state index contributed by atoms with van der Waals surface area (Å²) in [6.45, 7) is 3.86. The average molecular weight is 437 g/mol. The number of imidazole rings is 1. The van der Waals surface area contributed by atoms with Gasteiger partial charge in [-0.3, -0.25) is 4.79 Å². The molecule has 5 rings (SSSR count). The normalized spacial score (nSPS) is 11.2. The molecular formula is C27H23N3O3. The van der Waals surface area contributed by atoms with Crippen molar-refractivity contribution in [2.24, 2.45) is 0 Å². The molecule has 0 aliphatic rings. The van der Waals surface area contributed by atoms with Crippen LogP contribution in [0.4, 0.5) is 5.69 Å². The van der Waals surface area contributed by atoms with Crippen LogP contribution in [0.5, 0.6) is 0 Å². The number of nitrogens with one attached hydrogen (secondary N) is 1. The summed E-state index contributed by atoms with van der Waals surface area (Å²) >= 11 is 0. The number of fused-ring (bicyclic) bond motifs is 2. The van der Waals surface area contributed by atoms with E-state index in [1.54, 1.807) is 0 Å². The molecule has 3 aromatic heterocycles. The van der Waals surface area contributed by atoms with Crippen molar-refractivity contribution in [3.63, 3.8) is 0 Å². The van der Waals surface area contributed by atoms with Crippen molar-refractivity contribution in [3.05, 3.63) is 100 Å². The smallest absolute Gasteiger partial charge is 0.339 e. The van der Waals surface area contributed by atoms with Gasteiger partial charge in [0.1, 0.15) is 11.2 Å². The molecule has 0 atom stereocenters. The molecule has 6 nitrogen and oxygen atoms in total. The lowest BCUT2D eigenvalue weighted by Crippen LogP contribution is -2.16. The van der Waals surface area contributed by atoms with Crippen LogP contribution in [-0.4, -0.2) is 15.3 Å². The molecule has 0 aliphatic carbocycles. The highest BCUT2D eigenvalue weighted by atomic mass is 16.4. The quantitative estimate of drug-likeness (QED) is 0.379. The second-order valence-electron chi connectivity index (χ2n) is 8.21. The van der Waals surface area contributed by atoms with Gasteiger partial charge in [0.05, 0.1) is 5.69 Å². The van der Waals surface area contributed by atoms with Crippen molar-refractivity contribution >= 4 is 28.2 Å². The number of nitrogens with zero attached hydrogens (tertiary/aromatic N) is 2. The molecule has 0 spiro atoms. The molecule has 0 fully saturated rings. The number of benzene rings is 2. The first-order chi connectivity index (χ1) is 16.0. The van der Waals surface area contributed by atoms with Crippen LogP contribution >= 0.6 is 0 Å². The summed E-state index contributed by atoms with van der Waals surface area (Å²) in [7, 11) is 0. The van der Waals surface area contributed by atoms with E-state index in [4.69, 9.17) is 4.42 Å². The maximum atomic E-state index is 12.5. The van der Waals surface area contributed by atoms with E-state index in [9.17, 15) is 9.59 Å². The predicted octanol–water partition coefficient (Wildman–Crippen LogP) is 5.30. The first-order valence-corrected chi connectivity index (χ1v) is 10.8. The zero-order chi connectivity index (χ0) is 22.9. The topological polar surface area (TPSA) is 76.6 Å². The van der Waals surface area contributed by atoms with E-state index >= 15 is 0 Å². The summed E-state index contributed by atoms with van der Waals surface area (Å²) in [4.78, 5) is 29.6. The molecule has 33 heavy (non-hydrogen) atoms. The third-order valence-corrected chi connectivity index (χ3v) is 5.87. The van der Waals surface area contributed by atoms with Crippen LogP contribution in [0.2, 0.25) is 0 Å². The molecule has 0 saturated carbocycles. The van der Waals surface area contributed by atoms with Gasteiger partial charge in [-0.2, -0.15) is 0 Å². The second-order valence-corrected chi connectivity index (χ2v) is 8.21. The maximum Gasteiger partial charge on any atom is 0.339 e. The Labute approximate surface area is 190 Å². The van der Waals surface area contributed by atoms with E-state index in [-0.39, 0.29) is 18.0 Å². The van der Waals surface area contributed by atoms with Gasteiger partial charge in [0.15, 0.2) is 0 Å². The Morgan fingerprint density at radius 3 is 2.67 bits per heavy atom. The second kappa shape index (κ2) is 8.39. The fourth-order valence-electron chi connectivity index (χ4n) is 4.05. The molecule has 164 valence electrons. The van der Waals surface area contributed by atoms with E-state index in [1.807, 2.05) is 91.3 Å². The lowest BCUT2D eigenvalue weighted by molar-refractivity contribution is -0.116. The molecule has 3 heterocycles. The minimum atomic E-state index is -0.379. The fraction of sp³-hybridized carbons (Fsp3) is 0.148. The summed E-state index contributed by atoms with van der Waals surface area (Å²) in [6.07, 6.45) is 4.45. The number of amides is 1. The van der Waals surface area contributed by atoms with Crippen LogP contribution in [0.25, 0.3) is 27.9 Å². The Kier molecular flexibility index (Phi) is 5.26. The predicted molar refractivity (Wildman–Crippen MR) is 130 cm³/mol. The van der Waals surface area contributed by atoms with Crippen LogP contribution in [0.1, 0.15) is 23.1 Å². The van der Waals surface area contributed by atoms with Crippen molar-refractivity contribution in [2.75, 3.05) is 5.32 Å². The summed E-state index contributed by atoms with van der Waals surface area (Å²) in [5.41, 5.74) is 6.06. The monoisotopic (exact) mass is 437 g/mol. The zero-order valence-corrected chi connectivity index (χ0v) is 18.5. The van der Waals surface area contributed by atoms with Crippen LogP contribution in [-0.2, 0) is 11.2 Å². The Morgan fingerprint density at radius 2 is 1.88 bits per heavy atom. The van der Waals surface area contributed by atoms with Gasteiger partial charge in [-0.1, -0.05) is 30.3 Å². The molecule has 2 aromatic carbocycles. The number of rotatable bonds is 5. The van der Waals surface area contributed by atoms with Gasteiger partial charge in [-0.25, -0.2) is 9.78 Å². The Morgan fingerprint density at radius 1 is 1.06 bits per heavy atom. The third-order valence-electron chi connectivity index (χ3n) is 5.87. The molecule has 0 unspecified atom stereocenters. The minimum absolute atomic E-state index is 0.154. The van der Waals surface area contributed by atoms with Crippen LogP contribution in [0.3, 0.4) is 0 Å². The highest BCUT2D eigenvalue weighted by Crippen LogP contribution is 2.23. The molecule has 0 saturated heterocycles. The molecular weight excluding hydrogens is 414 g/mol. The van der Waals surface area contributed by atoms with Gasteiger partial charge in [0, 0.05) is 41.0 Å². The molecule has 0 bridgehead atoms. The van der Waals surface area contributed by atoms with E-state index in [0.717, 1.165) is 33.4 Å². The van der Waals surface area contributed by atoms with Gasteiger partial charge >= 0.3 is 5.63 Å². The van der Waals surface area contributed by atoms with E-state index in [2.05, 4.69) is 10.3 Å².